The van der Waals surface area contributed by atoms with Crippen LogP contribution in [0.1, 0.15) is 29.8 Å². The molecule has 0 bridgehead atoms. The molecule has 9 heteroatoms. The van der Waals surface area contributed by atoms with E-state index in [-0.39, 0.29) is 16.5 Å². The fourth-order valence-electron chi connectivity index (χ4n) is 2.80. The van der Waals surface area contributed by atoms with Gasteiger partial charge in [0.1, 0.15) is 18.1 Å². The minimum atomic E-state index is -3.68. The summed E-state index contributed by atoms with van der Waals surface area (Å²) >= 11 is 0. The van der Waals surface area contributed by atoms with E-state index in [1.807, 2.05) is 6.92 Å². The molecule has 1 aliphatic rings. The van der Waals surface area contributed by atoms with Crippen molar-refractivity contribution in [1.82, 2.24) is 4.72 Å². The monoisotopic (exact) mass is 416 g/mol. The number of nitrogens with one attached hydrogen (secondary N) is 1. The molecule has 152 valence electrons. The predicted octanol–water partition coefficient (Wildman–Crippen LogP) is 1.94. The molecule has 1 atom stereocenters. The van der Waals surface area contributed by atoms with Crippen LogP contribution >= 0.6 is 0 Å². The lowest BCUT2D eigenvalue weighted by Crippen LogP contribution is -2.27. The number of fused-ring (bicyclic) bond motifs is 1. The number of ketones is 1. The maximum Gasteiger partial charge on any atom is 0.328 e. The molecule has 0 spiro atoms. The number of hydrogen-bond acceptors (Lipinski definition) is 7. The highest BCUT2D eigenvalue weighted by Crippen LogP contribution is 2.22. The Hall–Kier alpha value is -3.20. The van der Waals surface area contributed by atoms with Crippen molar-refractivity contribution in [3.8, 4) is 5.75 Å². The van der Waals surface area contributed by atoms with E-state index in [0.717, 1.165) is 0 Å². The van der Waals surface area contributed by atoms with Crippen LogP contribution in [0.15, 0.2) is 58.4 Å². The first-order chi connectivity index (χ1) is 13.8. The third-order valence-corrected chi connectivity index (χ3v) is 5.55. The molecule has 1 heterocycles. The summed E-state index contributed by atoms with van der Waals surface area (Å²) in [5.41, 5.74) is 0.774. The van der Waals surface area contributed by atoms with Gasteiger partial charge in [-0.15, -0.1) is 0 Å². The van der Waals surface area contributed by atoms with E-state index in [0.29, 0.717) is 23.5 Å². The van der Waals surface area contributed by atoms with Crippen LogP contribution in [0.4, 0.5) is 0 Å². The number of hydrogen-bond donors (Lipinski definition) is 1. The number of benzene rings is 2. The Balaban J connectivity index is 1.62. The zero-order valence-electron chi connectivity index (χ0n) is 15.9. The molecule has 3 rings (SSSR count). The largest absolute Gasteiger partial charge is 0.494 e. The summed E-state index contributed by atoms with van der Waals surface area (Å²) in [6.07, 6.45) is -1.01. The van der Waals surface area contributed by atoms with Crippen LogP contribution in [0.3, 0.4) is 0 Å². The highest BCUT2D eigenvalue weighted by molar-refractivity contribution is 7.90. The van der Waals surface area contributed by atoms with Gasteiger partial charge in [0.25, 0.3) is 10.0 Å². The molecule has 0 aromatic heterocycles. The van der Waals surface area contributed by atoms with Crippen molar-refractivity contribution in [2.75, 3.05) is 13.2 Å². The lowest BCUT2D eigenvalue weighted by Gasteiger charge is -2.12. The summed E-state index contributed by atoms with van der Waals surface area (Å²) in [6, 6.07) is 12.9. The second kappa shape index (κ2) is 8.44. The third kappa shape index (κ3) is 4.62. The number of sulfonamides is 1. The molecule has 29 heavy (non-hydrogen) atoms. The molecule has 1 N–H and O–H groups in total. The van der Waals surface area contributed by atoms with Crippen LogP contribution in [0.5, 0.6) is 5.75 Å². The van der Waals surface area contributed by atoms with Gasteiger partial charge in [0.05, 0.1) is 11.5 Å². The maximum absolute atomic E-state index is 12.4. The zero-order chi connectivity index (χ0) is 21.0. The summed E-state index contributed by atoms with van der Waals surface area (Å²) in [4.78, 5) is 28.6. The van der Waals surface area contributed by atoms with Gasteiger partial charge in [-0.3, -0.25) is 19.3 Å². The highest BCUT2D eigenvalue weighted by Gasteiger charge is 2.30. The molecule has 0 saturated heterocycles. The second-order valence-corrected chi connectivity index (χ2v) is 7.87. The lowest BCUT2D eigenvalue weighted by atomic mass is 10.1. The van der Waals surface area contributed by atoms with Gasteiger partial charge in [0, 0.05) is 11.1 Å². The molecule has 2 aromatic carbocycles. The zero-order valence-corrected chi connectivity index (χ0v) is 16.7. The van der Waals surface area contributed by atoms with E-state index in [1.165, 1.54) is 13.0 Å². The molecule has 1 aliphatic heterocycles. The van der Waals surface area contributed by atoms with Gasteiger partial charge >= 0.3 is 5.97 Å². The van der Waals surface area contributed by atoms with Crippen molar-refractivity contribution in [3.63, 3.8) is 0 Å². The smallest absolute Gasteiger partial charge is 0.328 e. The summed E-state index contributed by atoms with van der Waals surface area (Å²) in [5, 5.41) is 0. The van der Waals surface area contributed by atoms with Crippen LogP contribution in [0.2, 0.25) is 0 Å². The van der Waals surface area contributed by atoms with Gasteiger partial charge in [-0.1, -0.05) is 12.1 Å². The third-order valence-electron chi connectivity index (χ3n) is 4.16. The number of ether oxygens (including phenoxy) is 2. The lowest BCUT2D eigenvalue weighted by molar-refractivity contribution is -0.144. The van der Waals surface area contributed by atoms with Crippen LogP contribution < -0.4 is 9.46 Å². The van der Waals surface area contributed by atoms with Crippen molar-refractivity contribution < 1.29 is 27.5 Å². The first-order valence-electron chi connectivity index (χ1n) is 8.95. The van der Waals surface area contributed by atoms with Gasteiger partial charge in [-0.25, -0.2) is 8.42 Å². The van der Waals surface area contributed by atoms with Crippen molar-refractivity contribution in [1.29, 1.82) is 0 Å². The molecular formula is C20H20N2O6S. The minimum absolute atomic E-state index is 0.0723. The fraction of sp³-hybridized carbons (Fsp3) is 0.250. The number of aliphatic imine (C=N–C) groups is 1. The average molecular weight is 416 g/mol. The molecule has 2 aromatic rings. The molecule has 0 unspecified atom stereocenters. The predicted molar refractivity (Wildman–Crippen MR) is 106 cm³/mol. The van der Waals surface area contributed by atoms with E-state index >= 15 is 0 Å². The number of carbonyl (C=O) groups is 2. The van der Waals surface area contributed by atoms with Crippen molar-refractivity contribution in [2.24, 2.45) is 4.99 Å². The molecule has 0 amide bonds. The number of amidine groups is 1. The Morgan fingerprint density at radius 1 is 1.10 bits per heavy atom. The number of rotatable bonds is 7. The van der Waals surface area contributed by atoms with Crippen LogP contribution in [0, 0.1) is 0 Å². The highest BCUT2D eigenvalue weighted by atomic mass is 32.2. The van der Waals surface area contributed by atoms with Crippen LogP contribution in [0.25, 0.3) is 0 Å². The Kier molecular flexibility index (Phi) is 5.97. The SMILES string of the molecule is CCOc1ccc(C(=O)[C@@H](C)OC(=O)CN=C2NS(=O)(=O)c3ccccc32)cc1. The van der Waals surface area contributed by atoms with Gasteiger partial charge in [-0.05, 0) is 50.2 Å². The quantitative estimate of drug-likeness (QED) is 0.545. The van der Waals surface area contributed by atoms with Gasteiger partial charge < -0.3 is 9.47 Å². The van der Waals surface area contributed by atoms with E-state index < -0.39 is 28.6 Å². The van der Waals surface area contributed by atoms with E-state index in [9.17, 15) is 18.0 Å². The maximum atomic E-state index is 12.4. The Labute approximate surface area is 168 Å². The molecule has 0 fully saturated rings. The normalized spacial score (nSPS) is 16.6. The standard InChI is InChI=1S/C20H20N2O6S/c1-3-27-15-10-8-14(9-11-15)19(24)13(2)28-18(23)12-21-20-16-6-4-5-7-17(16)29(25,26)22-20/h4-11,13H,3,12H2,1-2H3,(H,21,22)/t13-/m1/s1. The van der Waals surface area contributed by atoms with Gasteiger partial charge in [0.2, 0.25) is 5.78 Å². The molecule has 0 saturated carbocycles. The number of esters is 1. The molecule has 0 aliphatic carbocycles. The van der Waals surface area contributed by atoms with Gasteiger partial charge in [-0.2, -0.15) is 0 Å². The molecule has 8 nitrogen and oxygen atoms in total. The summed E-state index contributed by atoms with van der Waals surface area (Å²) < 4.78 is 36.8. The van der Waals surface area contributed by atoms with E-state index in [4.69, 9.17) is 9.47 Å². The average Bonchev–Trinajstić information content (AvgIpc) is 2.97. The molecular weight excluding hydrogens is 396 g/mol. The Bertz CT molecular complexity index is 1060. The number of nitrogens with zero attached hydrogens (tertiary/aromatic N) is 1. The Morgan fingerprint density at radius 2 is 1.79 bits per heavy atom. The minimum Gasteiger partial charge on any atom is -0.494 e. The second-order valence-electron chi connectivity index (χ2n) is 6.22. The first-order valence-corrected chi connectivity index (χ1v) is 10.4. The number of carbonyl (C=O) groups excluding carboxylic acids is 2. The topological polar surface area (TPSA) is 111 Å². The molecule has 0 radical (unpaired) electrons. The number of Topliss-reactive ketones (excluding diaryl/α,β-unsaturated/α-hetero) is 1. The van der Waals surface area contributed by atoms with Crippen LogP contribution in [-0.4, -0.2) is 45.3 Å². The Morgan fingerprint density at radius 3 is 2.48 bits per heavy atom. The van der Waals surface area contributed by atoms with Crippen molar-refractivity contribution in [2.45, 2.75) is 24.8 Å². The summed E-state index contributed by atoms with van der Waals surface area (Å²) in [5.74, 6) is -0.388. The van der Waals surface area contributed by atoms with Gasteiger partial charge in [0.15, 0.2) is 6.10 Å². The first kappa shape index (κ1) is 20.5. The van der Waals surface area contributed by atoms with E-state index in [1.54, 1.807) is 42.5 Å². The van der Waals surface area contributed by atoms with Crippen molar-refractivity contribution >= 4 is 27.6 Å². The van der Waals surface area contributed by atoms with E-state index in [2.05, 4.69) is 9.71 Å². The summed E-state index contributed by atoms with van der Waals surface area (Å²) in [6.45, 7) is 3.42. The summed E-state index contributed by atoms with van der Waals surface area (Å²) in [7, 11) is -3.68. The van der Waals surface area contributed by atoms with Crippen LogP contribution in [-0.2, 0) is 19.6 Å². The van der Waals surface area contributed by atoms with Crippen molar-refractivity contribution in [3.05, 3.63) is 59.7 Å². The fourth-order valence-corrected chi connectivity index (χ4v) is 4.05.